The van der Waals surface area contributed by atoms with E-state index in [1.54, 1.807) is 0 Å². The predicted molar refractivity (Wildman–Crippen MR) is 257 cm³/mol. The number of anilines is 3. The maximum absolute atomic E-state index is 2.55. The quantitative estimate of drug-likeness (QED) is 0.162. The third-order valence-electron chi connectivity index (χ3n) is 14.4. The average Bonchev–Trinajstić information content (AvgIpc) is 3.99. The van der Waals surface area contributed by atoms with Crippen LogP contribution in [0.5, 0.6) is 0 Å². The molecule has 0 N–H and O–H groups in total. The standard InChI is InChI=1S/C60H47N/c1-59(2)53-27-12-10-24-49(53)52-26-16-25-51(58(52)59)47-22-9-8-20-45(47)41-29-32-43(33-30-41)61(56-36-31-40-17-6-7-21-46(40)57(56)42-18-4-3-5-19-42)44-34-35-50-48-23-11-13-28-54(48)60(55(50)39-44)37-14-15-38-60/h3-13,16-36,39H,14-15,37-38H2,1-2H3. The van der Waals surface area contributed by atoms with Crippen molar-refractivity contribution in [3.05, 3.63) is 222 Å². The van der Waals surface area contributed by atoms with Gasteiger partial charge in [-0.1, -0.05) is 197 Å². The molecule has 9 aromatic carbocycles. The van der Waals surface area contributed by atoms with E-state index in [1.807, 2.05) is 0 Å². The van der Waals surface area contributed by atoms with Gasteiger partial charge in [0.1, 0.15) is 0 Å². The summed E-state index contributed by atoms with van der Waals surface area (Å²) < 4.78 is 0. The third-order valence-corrected chi connectivity index (χ3v) is 14.4. The molecule has 3 aliphatic rings. The van der Waals surface area contributed by atoms with E-state index >= 15 is 0 Å². The monoisotopic (exact) mass is 781 g/mol. The Labute approximate surface area is 359 Å². The first-order chi connectivity index (χ1) is 30.0. The van der Waals surface area contributed by atoms with Crippen molar-refractivity contribution in [3.8, 4) is 55.6 Å². The van der Waals surface area contributed by atoms with Crippen LogP contribution in [0.25, 0.3) is 66.4 Å². The van der Waals surface area contributed by atoms with Crippen LogP contribution in [-0.2, 0) is 10.8 Å². The van der Waals surface area contributed by atoms with Crippen LogP contribution in [0.2, 0.25) is 0 Å². The van der Waals surface area contributed by atoms with Crippen molar-refractivity contribution in [3.63, 3.8) is 0 Å². The summed E-state index contributed by atoms with van der Waals surface area (Å²) >= 11 is 0. The van der Waals surface area contributed by atoms with Crippen molar-refractivity contribution in [2.75, 3.05) is 4.90 Å². The van der Waals surface area contributed by atoms with E-state index in [9.17, 15) is 0 Å². The predicted octanol–water partition coefficient (Wildman–Crippen LogP) is 16.5. The van der Waals surface area contributed by atoms with Gasteiger partial charge in [0.2, 0.25) is 0 Å². The first-order valence-electron chi connectivity index (χ1n) is 22.1. The van der Waals surface area contributed by atoms with Gasteiger partial charge in [-0.05, 0) is 126 Å². The number of rotatable bonds is 6. The maximum Gasteiger partial charge on any atom is 0.0546 e. The first-order valence-corrected chi connectivity index (χ1v) is 22.1. The summed E-state index contributed by atoms with van der Waals surface area (Å²) in [7, 11) is 0. The van der Waals surface area contributed by atoms with Crippen molar-refractivity contribution in [1.29, 1.82) is 0 Å². The Morgan fingerprint density at radius 2 is 0.967 bits per heavy atom. The highest BCUT2D eigenvalue weighted by atomic mass is 15.1. The lowest BCUT2D eigenvalue weighted by molar-refractivity contribution is 0.550. The van der Waals surface area contributed by atoms with Crippen LogP contribution in [0.3, 0.4) is 0 Å². The van der Waals surface area contributed by atoms with E-state index in [1.165, 1.54) is 126 Å². The summed E-state index contributed by atoms with van der Waals surface area (Å²) in [5.41, 5.74) is 22.3. The molecule has 0 atom stereocenters. The smallest absolute Gasteiger partial charge is 0.0546 e. The minimum Gasteiger partial charge on any atom is -0.310 e. The molecule has 0 heterocycles. The van der Waals surface area contributed by atoms with E-state index < -0.39 is 0 Å². The molecule has 12 rings (SSSR count). The van der Waals surface area contributed by atoms with Gasteiger partial charge in [-0.3, -0.25) is 0 Å². The highest BCUT2D eigenvalue weighted by Gasteiger charge is 2.45. The van der Waals surface area contributed by atoms with E-state index in [2.05, 4.69) is 219 Å². The normalized spacial score (nSPS) is 15.0. The lowest BCUT2D eigenvalue weighted by Gasteiger charge is -2.31. The van der Waals surface area contributed by atoms with Gasteiger partial charge in [0, 0.05) is 27.8 Å². The van der Waals surface area contributed by atoms with Crippen molar-refractivity contribution in [1.82, 2.24) is 0 Å². The zero-order valence-electron chi connectivity index (χ0n) is 34.8. The number of fused-ring (bicyclic) bond motifs is 9. The second kappa shape index (κ2) is 13.8. The van der Waals surface area contributed by atoms with Crippen molar-refractivity contribution >= 4 is 27.8 Å². The summed E-state index contributed by atoms with van der Waals surface area (Å²) in [6, 6.07) is 75.1. The minimum absolute atomic E-state index is 0.0698. The molecule has 0 amide bonds. The van der Waals surface area contributed by atoms with Gasteiger partial charge in [0.05, 0.1) is 5.69 Å². The lowest BCUT2D eigenvalue weighted by Crippen LogP contribution is -2.21. The average molecular weight is 782 g/mol. The van der Waals surface area contributed by atoms with E-state index in [0.29, 0.717) is 0 Å². The largest absolute Gasteiger partial charge is 0.310 e. The Morgan fingerprint density at radius 1 is 0.393 bits per heavy atom. The highest BCUT2D eigenvalue weighted by molar-refractivity contribution is 6.05. The fraction of sp³-hybridized carbons (Fsp3) is 0.133. The number of benzene rings is 9. The molecule has 1 fully saturated rings. The molecule has 9 aromatic rings. The van der Waals surface area contributed by atoms with Crippen LogP contribution in [-0.4, -0.2) is 0 Å². The van der Waals surface area contributed by atoms with Gasteiger partial charge in [0.15, 0.2) is 0 Å². The number of nitrogens with zero attached hydrogens (tertiary/aromatic N) is 1. The van der Waals surface area contributed by atoms with Crippen LogP contribution in [0, 0.1) is 0 Å². The molecule has 0 aliphatic heterocycles. The summed E-state index contributed by atoms with van der Waals surface area (Å²) in [5, 5.41) is 2.49. The Hall–Kier alpha value is -6.96. The number of hydrogen-bond donors (Lipinski definition) is 0. The second-order valence-electron chi connectivity index (χ2n) is 17.9. The maximum atomic E-state index is 2.55. The van der Waals surface area contributed by atoms with E-state index in [4.69, 9.17) is 0 Å². The van der Waals surface area contributed by atoms with Crippen LogP contribution in [0.4, 0.5) is 17.1 Å². The molecule has 292 valence electrons. The zero-order chi connectivity index (χ0) is 40.7. The molecular formula is C60H47N. The molecule has 3 aliphatic carbocycles. The van der Waals surface area contributed by atoms with Crippen molar-refractivity contribution in [2.45, 2.75) is 50.4 Å². The molecule has 1 nitrogen and oxygen atoms in total. The van der Waals surface area contributed by atoms with Gasteiger partial charge in [-0.25, -0.2) is 0 Å². The molecule has 1 saturated carbocycles. The van der Waals surface area contributed by atoms with E-state index in [0.717, 1.165) is 5.69 Å². The summed E-state index contributed by atoms with van der Waals surface area (Å²) in [6.07, 6.45) is 4.94. The van der Waals surface area contributed by atoms with E-state index in [-0.39, 0.29) is 10.8 Å². The van der Waals surface area contributed by atoms with Gasteiger partial charge in [-0.15, -0.1) is 0 Å². The van der Waals surface area contributed by atoms with Gasteiger partial charge < -0.3 is 4.90 Å². The van der Waals surface area contributed by atoms with Crippen LogP contribution < -0.4 is 4.90 Å². The molecule has 0 saturated heterocycles. The molecule has 61 heavy (non-hydrogen) atoms. The van der Waals surface area contributed by atoms with Crippen molar-refractivity contribution in [2.24, 2.45) is 0 Å². The van der Waals surface area contributed by atoms with Gasteiger partial charge >= 0.3 is 0 Å². The molecule has 1 spiro atoms. The molecule has 0 unspecified atom stereocenters. The fourth-order valence-corrected chi connectivity index (χ4v) is 11.7. The topological polar surface area (TPSA) is 3.24 Å². The van der Waals surface area contributed by atoms with Gasteiger partial charge in [0.25, 0.3) is 0 Å². The molecule has 1 heteroatoms. The molecule has 0 bridgehead atoms. The summed E-state index contributed by atoms with van der Waals surface area (Å²) in [5.74, 6) is 0. The first kappa shape index (κ1) is 35.9. The zero-order valence-corrected chi connectivity index (χ0v) is 34.8. The Kier molecular flexibility index (Phi) is 8.13. The lowest BCUT2D eigenvalue weighted by atomic mass is 9.76. The Bertz CT molecular complexity index is 3160. The van der Waals surface area contributed by atoms with Crippen LogP contribution >= 0.6 is 0 Å². The second-order valence-corrected chi connectivity index (χ2v) is 17.9. The fourth-order valence-electron chi connectivity index (χ4n) is 11.7. The molecule has 0 radical (unpaired) electrons. The van der Waals surface area contributed by atoms with Crippen LogP contribution in [0.15, 0.2) is 200 Å². The Balaban J connectivity index is 1.04. The SMILES string of the molecule is CC1(C)c2ccccc2-c2cccc(-c3ccccc3-c3ccc(N(c4ccc5c(c4)C4(CCCC4)c4ccccc4-5)c4ccc5ccccc5c4-c4ccccc4)cc3)c21. The molecular weight excluding hydrogens is 735 g/mol. The molecule has 0 aromatic heterocycles. The van der Waals surface area contributed by atoms with Crippen LogP contribution in [0.1, 0.15) is 61.8 Å². The third kappa shape index (κ3) is 5.39. The Morgan fingerprint density at radius 3 is 1.74 bits per heavy atom. The highest BCUT2D eigenvalue weighted by Crippen LogP contribution is 2.58. The number of hydrogen-bond acceptors (Lipinski definition) is 1. The summed E-state index contributed by atoms with van der Waals surface area (Å²) in [6.45, 7) is 4.77. The van der Waals surface area contributed by atoms with Gasteiger partial charge in [-0.2, -0.15) is 0 Å². The minimum atomic E-state index is -0.107. The summed E-state index contributed by atoms with van der Waals surface area (Å²) in [4.78, 5) is 2.53. The van der Waals surface area contributed by atoms with Crippen molar-refractivity contribution < 1.29 is 0 Å².